The van der Waals surface area contributed by atoms with Gasteiger partial charge in [-0.1, -0.05) is 11.8 Å². The van der Waals surface area contributed by atoms with Gasteiger partial charge in [0.05, 0.1) is 12.6 Å². The van der Waals surface area contributed by atoms with Crippen LogP contribution in [0.3, 0.4) is 0 Å². The summed E-state index contributed by atoms with van der Waals surface area (Å²) < 4.78 is 26.1. The first-order valence-electron chi connectivity index (χ1n) is 6.57. The van der Waals surface area contributed by atoms with E-state index in [1.54, 1.807) is 4.68 Å². The van der Waals surface area contributed by atoms with Crippen LogP contribution in [0, 0.1) is 5.82 Å². The minimum absolute atomic E-state index is 0.175. The van der Waals surface area contributed by atoms with Crippen molar-refractivity contribution in [3.63, 3.8) is 0 Å². The van der Waals surface area contributed by atoms with Gasteiger partial charge in [-0.25, -0.2) is 9.07 Å². The molecule has 3 rings (SSSR count). The minimum atomic E-state index is -0.290. The van der Waals surface area contributed by atoms with Crippen LogP contribution in [0.2, 0.25) is 0 Å². The Balaban J connectivity index is 1.82. The van der Waals surface area contributed by atoms with Gasteiger partial charge in [-0.3, -0.25) is 0 Å². The molecule has 112 valence electrons. The number of tetrazole rings is 1. The van der Waals surface area contributed by atoms with E-state index in [-0.39, 0.29) is 18.7 Å². The molecule has 0 saturated carbocycles. The van der Waals surface area contributed by atoms with Gasteiger partial charge in [-0.2, -0.15) is 0 Å². The van der Waals surface area contributed by atoms with E-state index >= 15 is 0 Å². The van der Waals surface area contributed by atoms with Crippen LogP contribution in [0.25, 0.3) is 0 Å². The van der Waals surface area contributed by atoms with Crippen molar-refractivity contribution in [2.75, 3.05) is 6.79 Å². The van der Waals surface area contributed by atoms with Crippen LogP contribution in [0.15, 0.2) is 17.3 Å². The second-order valence-corrected chi connectivity index (χ2v) is 5.89. The number of aromatic nitrogens is 4. The quantitative estimate of drug-likeness (QED) is 0.809. The summed E-state index contributed by atoms with van der Waals surface area (Å²) in [5.41, 5.74) is 1.52. The monoisotopic (exact) mass is 310 g/mol. The summed E-state index contributed by atoms with van der Waals surface area (Å²) in [7, 11) is 0. The highest BCUT2D eigenvalue weighted by Crippen LogP contribution is 2.33. The lowest BCUT2D eigenvalue weighted by molar-refractivity contribution is -0.0171. The zero-order valence-electron chi connectivity index (χ0n) is 11.7. The summed E-state index contributed by atoms with van der Waals surface area (Å²) in [5, 5.41) is 12.3. The van der Waals surface area contributed by atoms with E-state index in [0.717, 1.165) is 11.1 Å². The van der Waals surface area contributed by atoms with E-state index in [2.05, 4.69) is 15.5 Å². The largest absolute Gasteiger partial charge is 0.467 e. The number of thioether (sulfide) groups is 1. The Hall–Kier alpha value is -1.67. The van der Waals surface area contributed by atoms with E-state index in [9.17, 15) is 4.39 Å². The van der Waals surface area contributed by atoms with Gasteiger partial charge < -0.3 is 9.47 Å². The molecule has 0 aliphatic carbocycles. The molecule has 0 atom stereocenters. The molecular weight excluding hydrogens is 295 g/mol. The Morgan fingerprint density at radius 3 is 3.10 bits per heavy atom. The van der Waals surface area contributed by atoms with E-state index in [4.69, 9.17) is 9.47 Å². The molecule has 0 N–H and O–H groups in total. The third-order valence-corrected chi connectivity index (χ3v) is 4.04. The van der Waals surface area contributed by atoms with Crippen LogP contribution in [0.1, 0.15) is 31.0 Å². The second kappa shape index (κ2) is 5.98. The zero-order chi connectivity index (χ0) is 14.8. The summed E-state index contributed by atoms with van der Waals surface area (Å²) in [6.45, 7) is 4.57. The lowest BCUT2D eigenvalue weighted by Crippen LogP contribution is -2.13. The Morgan fingerprint density at radius 1 is 1.43 bits per heavy atom. The molecule has 6 nitrogen and oxygen atoms in total. The number of hydrogen-bond donors (Lipinski definition) is 0. The van der Waals surface area contributed by atoms with Crippen molar-refractivity contribution in [3.05, 3.63) is 29.1 Å². The highest BCUT2D eigenvalue weighted by Gasteiger charge is 2.18. The Labute approximate surface area is 125 Å². The van der Waals surface area contributed by atoms with Crippen molar-refractivity contribution >= 4 is 11.8 Å². The van der Waals surface area contributed by atoms with Gasteiger partial charge in [0.15, 0.2) is 6.79 Å². The first kappa shape index (κ1) is 14.3. The highest BCUT2D eigenvalue weighted by atomic mass is 32.2. The maximum Gasteiger partial charge on any atom is 0.209 e. The third kappa shape index (κ3) is 3.01. The van der Waals surface area contributed by atoms with Crippen molar-refractivity contribution in [3.8, 4) is 5.75 Å². The van der Waals surface area contributed by atoms with Crippen molar-refractivity contribution in [2.24, 2.45) is 0 Å². The predicted octanol–water partition coefficient (Wildman–Crippen LogP) is 2.55. The molecule has 8 heteroatoms. The smallest absolute Gasteiger partial charge is 0.209 e. The highest BCUT2D eigenvalue weighted by molar-refractivity contribution is 7.98. The number of rotatable bonds is 4. The molecule has 0 fully saturated rings. The topological polar surface area (TPSA) is 62.1 Å². The van der Waals surface area contributed by atoms with Crippen LogP contribution in [-0.4, -0.2) is 27.0 Å². The molecule has 2 heterocycles. The van der Waals surface area contributed by atoms with Crippen LogP contribution in [0.4, 0.5) is 4.39 Å². The van der Waals surface area contributed by atoms with E-state index in [1.807, 2.05) is 13.8 Å². The number of hydrogen-bond acceptors (Lipinski definition) is 6. The van der Waals surface area contributed by atoms with Gasteiger partial charge in [-0.15, -0.1) is 5.10 Å². The van der Waals surface area contributed by atoms with E-state index in [0.29, 0.717) is 23.3 Å². The van der Waals surface area contributed by atoms with Gasteiger partial charge >= 0.3 is 0 Å². The fraction of sp³-hybridized carbons (Fsp3) is 0.462. The van der Waals surface area contributed by atoms with Gasteiger partial charge in [0, 0.05) is 16.9 Å². The molecule has 1 aromatic carbocycles. The molecular formula is C13H15FN4O2S. The molecule has 0 amide bonds. The summed E-state index contributed by atoms with van der Waals surface area (Å²) in [6, 6.07) is 3.11. The maximum atomic E-state index is 13.7. The fourth-order valence-corrected chi connectivity index (χ4v) is 3.08. The normalized spacial score (nSPS) is 14.1. The summed E-state index contributed by atoms with van der Waals surface area (Å²) >= 11 is 1.46. The van der Waals surface area contributed by atoms with Crippen molar-refractivity contribution in [2.45, 2.75) is 37.4 Å². The van der Waals surface area contributed by atoms with Gasteiger partial charge in [0.25, 0.3) is 0 Å². The number of fused-ring (bicyclic) bond motifs is 1. The van der Waals surface area contributed by atoms with Crippen LogP contribution in [0.5, 0.6) is 5.75 Å². The second-order valence-electron chi connectivity index (χ2n) is 4.95. The standard InChI is InChI=1S/C13H15FN4O2S/c1-8(2)18-13(15-16-17-18)21-6-10-4-11(14)3-9-5-19-7-20-12(9)10/h3-4,8H,5-7H2,1-2H3. The molecule has 0 spiro atoms. The lowest BCUT2D eigenvalue weighted by atomic mass is 10.1. The number of halogens is 1. The van der Waals surface area contributed by atoms with Crippen LogP contribution >= 0.6 is 11.8 Å². The van der Waals surface area contributed by atoms with Gasteiger partial charge in [0.2, 0.25) is 5.16 Å². The molecule has 0 unspecified atom stereocenters. The molecule has 21 heavy (non-hydrogen) atoms. The maximum absolute atomic E-state index is 13.7. The van der Waals surface area contributed by atoms with Crippen LogP contribution in [-0.2, 0) is 17.1 Å². The molecule has 1 aliphatic rings. The van der Waals surface area contributed by atoms with Crippen molar-refractivity contribution in [1.29, 1.82) is 0 Å². The first-order valence-corrected chi connectivity index (χ1v) is 7.56. The average Bonchev–Trinajstić information content (AvgIpc) is 2.93. The molecule has 1 aromatic heterocycles. The van der Waals surface area contributed by atoms with Gasteiger partial charge in [0.1, 0.15) is 11.6 Å². The van der Waals surface area contributed by atoms with E-state index < -0.39 is 0 Å². The Kier molecular flexibility index (Phi) is 4.07. The number of ether oxygens (including phenoxy) is 2. The predicted molar refractivity (Wildman–Crippen MR) is 74.4 cm³/mol. The van der Waals surface area contributed by atoms with Crippen molar-refractivity contribution < 1.29 is 13.9 Å². The number of nitrogens with zero attached hydrogens (tertiary/aromatic N) is 4. The molecule has 1 aliphatic heterocycles. The SMILES string of the molecule is CC(C)n1nnnc1SCc1cc(F)cc2c1OCOC2. The minimum Gasteiger partial charge on any atom is -0.467 e. The summed E-state index contributed by atoms with van der Waals surface area (Å²) in [6.07, 6.45) is 0. The third-order valence-electron chi connectivity index (χ3n) is 3.06. The summed E-state index contributed by atoms with van der Waals surface area (Å²) in [5.74, 6) is 0.952. The summed E-state index contributed by atoms with van der Waals surface area (Å²) in [4.78, 5) is 0. The van der Waals surface area contributed by atoms with Crippen molar-refractivity contribution in [1.82, 2.24) is 20.2 Å². The molecule has 0 bridgehead atoms. The van der Waals surface area contributed by atoms with Crippen LogP contribution < -0.4 is 4.74 Å². The van der Waals surface area contributed by atoms with Gasteiger partial charge in [-0.05, 0) is 36.4 Å². The lowest BCUT2D eigenvalue weighted by Gasteiger charge is -2.20. The Bertz CT molecular complexity index is 647. The average molecular weight is 310 g/mol. The Morgan fingerprint density at radius 2 is 2.29 bits per heavy atom. The first-order chi connectivity index (χ1) is 10.1. The van der Waals surface area contributed by atoms with E-state index in [1.165, 1.54) is 23.9 Å². The molecule has 0 radical (unpaired) electrons. The molecule has 0 saturated heterocycles. The zero-order valence-corrected chi connectivity index (χ0v) is 12.6. The molecule has 2 aromatic rings. The number of benzene rings is 1. The fourth-order valence-electron chi connectivity index (χ4n) is 2.11.